The van der Waals surface area contributed by atoms with Gasteiger partial charge in [0.25, 0.3) is 0 Å². The largest absolute Gasteiger partial charge is 0.293 e. The van der Waals surface area contributed by atoms with Gasteiger partial charge in [-0.3, -0.25) is 4.79 Å². The summed E-state index contributed by atoms with van der Waals surface area (Å²) in [5.41, 5.74) is 3.44. The maximum atomic E-state index is 12.1. The van der Waals surface area contributed by atoms with Gasteiger partial charge in [0.1, 0.15) is 0 Å². The van der Waals surface area contributed by atoms with E-state index in [1.165, 1.54) is 22.5 Å². The van der Waals surface area contributed by atoms with E-state index in [-0.39, 0.29) is 11.7 Å². The average Bonchev–Trinajstić information content (AvgIpc) is 2.71. The van der Waals surface area contributed by atoms with Gasteiger partial charge in [0.15, 0.2) is 9.70 Å². The Hall–Kier alpha value is -1.00. The molecule has 1 aromatic carbocycles. The molecule has 0 unspecified atom stereocenters. The molecule has 0 saturated heterocycles. The molecule has 4 heteroatoms. The van der Waals surface area contributed by atoms with E-state index in [1.54, 1.807) is 0 Å². The summed E-state index contributed by atoms with van der Waals surface area (Å²) in [6, 6.07) is 8.46. The molecule has 0 bridgehead atoms. The monoisotopic (exact) mass is 321 g/mol. The van der Waals surface area contributed by atoms with Gasteiger partial charge in [0.05, 0.1) is 10.6 Å². The zero-order chi connectivity index (χ0) is 12.7. The van der Waals surface area contributed by atoms with Gasteiger partial charge < -0.3 is 0 Å². The first kappa shape index (κ1) is 12.1. The number of aromatic nitrogens is 1. The third-order valence-electron chi connectivity index (χ3n) is 3.34. The average molecular weight is 322 g/mol. The van der Waals surface area contributed by atoms with Crippen molar-refractivity contribution >= 4 is 33.0 Å². The maximum Gasteiger partial charge on any atom is 0.175 e. The minimum atomic E-state index is 0.227. The summed E-state index contributed by atoms with van der Waals surface area (Å²) < 4.78 is 0.811. The molecule has 1 heterocycles. The molecule has 0 aliphatic heterocycles. The smallest absolute Gasteiger partial charge is 0.175 e. The number of carbonyl (C=O) groups is 1. The predicted molar refractivity (Wildman–Crippen MR) is 76.4 cm³/mol. The van der Waals surface area contributed by atoms with Crippen LogP contribution in [0.1, 0.15) is 38.8 Å². The highest BCUT2D eigenvalue weighted by Gasteiger charge is 2.29. The van der Waals surface area contributed by atoms with E-state index >= 15 is 0 Å². The number of aryl methyl sites for hydroxylation is 1. The van der Waals surface area contributed by atoms with Crippen LogP contribution in [0.3, 0.4) is 0 Å². The Morgan fingerprint density at radius 2 is 2.00 bits per heavy atom. The third kappa shape index (κ3) is 2.15. The summed E-state index contributed by atoms with van der Waals surface area (Å²) in [7, 11) is 0. The SMILES string of the molecule is Cc1ccc([C@H]2CC(=O)c3sc(Br)nc3C2)cc1. The molecule has 92 valence electrons. The van der Waals surface area contributed by atoms with E-state index in [0.717, 1.165) is 20.9 Å². The molecule has 0 spiro atoms. The number of nitrogens with zero attached hydrogens (tertiary/aromatic N) is 1. The van der Waals surface area contributed by atoms with Crippen LogP contribution in [0.2, 0.25) is 0 Å². The van der Waals surface area contributed by atoms with Crippen LogP contribution in [0.5, 0.6) is 0 Å². The maximum absolute atomic E-state index is 12.1. The molecular formula is C14H12BrNOS. The molecule has 2 nitrogen and oxygen atoms in total. The van der Waals surface area contributed by atoms with Crippen molar-refractivity contribution in [2.24, 2.45) is 0 Å². The summed E-state index contributed by atoms with van der Waals surface area (Å²) in [4.78, 5) is 17.3. The van der Waals surface area contributed by atoms with Gasteiger partial charge >= 0.3 is 0 Å². The second-order valence-corrected chi connectivity index (χ2v) is 6.96. The second kappa shape index (κ2) is 4.59. The van der Waals surface area contributed by atoms with Gasteiger partial charge in [-0.05, 0) is 40.8 Å². The fourth-order valence-electron chi connectivity index (χ4n) is 2.38. The highest BCUT2D eigenvalue weighted by atomic mass is 79.9. The molecule has 1 aliphatic rings. The van der Waals surface area contributed by atoms with E-state index < -0.39 is 0 Å². The van der Waals surface area contributed by atoms with Crippen LogP contribution in [0.4, 0.5) is 0 Å². The van der Waals surface area contributed by atoms with Crippen LogP contribution in [0.15, 0.2) is 28.2 Å². The molecule has 1 aliphatic carbocycles. The highest BCUT2D eigenvalue weighted by Crippen LogP contribution is 2.36. The first-order chi connectivity index (χ1) is 8.63. The quantitative estimate of drug-likeness (QED) is 0.790. The van der Waals surface area contributed by atoms with Crippen molar-refractivity contribution < 1.29 is 4.79 Å². The van der Waals surface area contributed by atoms with Crippen molar-refractivity contribution in [3.63, 3.8) is 0 Å². The van der Waals surface area contributed by atoms with E-state index in [2.05, 4.69) is 52.1 Å². The number of ketones is 1. The standard InChI is InChI=1S/C14H12BrNOS/c1-8-2-4-9(5-3-8)10-6-11-13(12(17)7-10)18-14(15)16-11/h2-5,10H,6-7H2,1H3/t10-/m1/s1. The van der Waals surface area contributed by atoms with E-state index in [9.17, 15) is 4.79 Å². The Morgan fingerprint density at radius 3 is 2.72 bits per heavy atom. The summed E-state index contributed by atoms with van der Waals surface area (Å²) in [6.07, 6.45) is 1.47. The first-order valence-electron chi connectivity index (χ1n) is 5.88. The van der Waals surface area contributed by atoms with Crippen LogP contribution in [-0.2, 0) is 6.42 Å². The summed E-state index contributed by atoms with van der Waals surface area (Å²) in [6.45, 7) is 2.07. The second-order valence-electron chi connectivity index (χ2n) is 4.68. The van der Waals surface area contributed by atoms with Crippen LogP contribution < -0.4 is 0 Å². The van der Waals surface area contributed by atoms with E-state index in [4.69, 9.17) is 0 Å². The molecule has 1 aromatic heterocycles. The van der Waals surface area contributed by atoms with Crippen molar-refractivity contribution in [3.8, 4) is 0 Å². The molecule has 0 amide bonds. The zero-order valence-corrected chi connectivity index (χ0v) is 12.3. The van der Waals surface area contributed by atoms with Crippen molar-refractivity contribution in [2.45, 2.75) is 25.7 Å². The van der Waals surface area contributed by atoms with Crippen molar-refractivity contribution in [2.75, 3.05) is 0 Å². The molecular weight excluding hydrogens is 310 g/mol. The number of hydrogen-bond acceptors (Lipinski definition) is 3. The van der Waals surface area contributed by atoms with Crippen molar-refractivity contribution in [1.82, 2.24) is 4.98 Å². The normalized spacial score (nSPS) is 18.8. The molecule has 0 fully saturated rings. The summed E-state index contributed by atoms with van der Waals surface area (Å²) in [5, 5.41) is 0. The number of benzene rings is 1. The minimum absolute atomic E-state index is 0.227. The van der Waals surface area contributed by atoms with Crippen LogP contribution in [-0.4, -0.2) is 10.8 Å². The van der Waals surface area contributed by atoms with Gasteiger partial charge in [-0.15, -0.1) is 11.3 Å². The lowest BCUT2D eigenvalue weighted by Crippen LogP contribution is -2.17. The number of thiazole rings is 1. The fourth-order valence-corrected chi connectivity index (χ4v) is 3.84. The molecule has 3 rings (SSSR count). The molecule has 0 saturated carbocycles. The number of Topliss-reactive ketones (excluding diaryl/α,β-unsaturated/α-hetero) is 1. The Kier molecular flexibility index (Phi) is 3.08. The molecule has 1 atom stereocenters. The Balaban J connectivity index is 1.94. The lowest BCUT2D eigenvalue weighted by Gasteiger charge is -2.20. The van der Waals surface area contributed by atoms with Gasteiger partial charge in [0.2, 0.25) is 0 Å². The number of rotatable bonds is 1. The molecule has 2 aromatic rings. The number of hydrogen-bond donors (Lipinski definition) is 0. The van der Waals surface area contributed by atoms with Crippen LogP contribution >= 0.6 is 27.3 Å². The Labute approximate surface area is 118 Å². The highest BCUT2D eigenvalue weighted by molar-refractivity contribution is 9.11. The van der Waals surface area contributed by atoms with Crippen LogP contribution in [0.25, 0.3) is 0 Å². The topological polar surface area (TPSA) is 30.0 Å². The van der Waals surface area contributed by atoms with E-state index in [1.807, 2.05) is 0 Å². The third-order valence-corrected chi connectivity index (χ3v) is 4.93. The molecule has 0 radical (unpaired) electrons. The van der Waals surface area contributed by atoms with Crippen LogP contribution in [0, 0.1) is 6.92 Å². The Morgan fingerprint density at radius 1 is 1.28 bits per heavy atom. The Bertz CT molecular complexity index is 603. The van der Waals surface area contributed by atoms with Gasteiger partial charge in [-0.2, -0.15) is 0 Å². The van der Waals surface area contributed by atoms with E-state index in [0.29, 0.717) is 6.42 Å². The minimum Gasteiger partial charge on any atom is -0.293 e. The first-order valence-corrected chi connectivity index (χ1v) is 7.49. The predicted octanol–water partition coefficient (Wildman–Crippen LogP) is 4.13. The van der Waals surface area contributed by atoms with Gasteiger partial charge in [0, 0.05) is 6.42 Å². The number of halogens is 1. The number of carbonyl (C=O) groups excluding carboxylic acids is 1. The van der Waals surface area contributed by atoms with Crippen molar-refractivity contribution in [3.05, 3.63) is 49.9 Å². The van der Waals surface area contributed by atoms with Gasteiger partial charge in [-0.25, -0.2) is 4.98 Å². The van der Waals surface area contributed by atoms with Gasteiger partial charge in [-0.1, -0.05) is 29.8 Å². The lowest BCUT2D eigenvalue weighted by molar-refractivity contribution is 0.0968. The molecule has 18 heavy (non-hydrogen) atoms. The lowest BCUT2D eigenvalue weighted by atomic mass is 9.84. The molecule has 0 N–H and O–H groups in total. The summed E-state index contributed by atoms with van der Waals surface area (Å²) in [5.74, 6) is 0.504. The summed E-state index contributed by atoms with van der Waals surface area (Å²) >= 11 is 4.81. The zero-order valence-electron chi connectivity index (χ0n) is 9.94. The fraction of sp³-hybridized carbons (Fsp3) is 0.286. The number of fused-ring (bicyclic) bond motifs is 1. The van der Waals surface area contributed by atoms with Crippen molar-refractivity contribution in [1.29, 1.82) is 0 Å².